The van der Waals surface area contributed by atoms with Crippen LogP contribution >= 0.6 is 0 Å². The van der Waals surface area contributed by atoms with Crippen LogP contribution in [0.5, 0.6) is 0 Å². The standard InChI is InChI=1S/C17H12N4O2/c1-10-18-16(21-23-10)12-8-6-11(7-9-12)15-19-14-5-3-2-4-13(14)17(22)20-15/h2-9H,1H3,(H,19,20,22). The summed E-state index contributed by atoms with van der Waals surface area (Å²) in [4.78, 5) is 23.6. The Bertz CT molecular complexity index is 1050. The van der Waals surface area contributed by atoms with Crippen LogP contribution in [0.3, 0.4) is 0 Å². The molecule has 0 atom stereocenters. The van der Waals surface area contributed by atoms with E-state index in [0.29, 0.717) is 28.4 Å². The summed E-state index contributed by atoms with van der Waals surface area (Å²) < 4.78 is 4.98. The van der Waals surface area contributed by atoms with E-state index < -0.39 is 0 Å². The molecule has 6 heteroatoms. The van der Waals surface area contributed by atoms with Gasteiger partial charge in [-0.2, -0.15) is 4.98 Å². The topological polar surface area (TPSA) is 84.7 Å². The van der Waals surface area contributed by atoms with Gasteiger partial charge in [0.15, 0.2) is 0 Å². The Morgan fingerprint density at radius 3 is 2.43 bits per heavy atom. The first kappa shape index (κ1) is 13.4. The highest BCUT2D eigenvalue weighted by atomic mass is 16.5. The summed E-state index contributed by atoms with van der Waals surface area (Å²) in [7, 11) is 0. The van der Waals surface area contributed by atoms with E-state index in [9.17, 15) is 4.79 Å². The molecule has 112 valence electrons. The molecule has 6 nitrogen and oxygen atoms in total. The highest BCUT2D eigenvalue weighted by Gasteiger charge is 2.08. The smallest absolute Gasteiger partial charge is 0.259 e. The minimum Gasteiger partial charge on any atom is -0.339 e. The Hall–Kier alpha value is -3.28. The molecule has 0 aliphatic heterocycles. The number of rotatable bonds is 2. The van der Waals surface area contributed by atoms with Gasteiger partial charge in [0.2, 0.25) is 11.7 Å². The van der Waals surface area contributed by atoms with Crippen LogP contribution in [0.25, 0.3) is 33.7 Å². The minimum absolute atomic E-state index is 0.150. The number of fused-ring (bicyclic) bond motifs is 1. The van der Waals surface area contributed by atoms with E-state index in [4.69, 9.17) is 4.52 Å². The van der Waals surface area contributed by atoms with Gasteiger partial charge in [-0.3, -0.25) is 4.79 Å². The van der Waals surface area contributed by atoms with Crippen LogP contribution in [0.4, 0.5) is 0 Å². The predicted octanol–water partition coefficient (Wildman–Crippen LogP) is 2.95. The van der Waals surface area contributed by atoms with E-state index in [-0.39, 0.29) is 5.56 Å². The molecule has 1 N–H and O–H groups in total. The van der Waals surface area contributed by atoms with Gasteiger partial charge in [0, 0.05) is 18.1 Å². The first-order chi connectivity index (χ1) is 11.2. The number of hydrogen-bond donors (Lipinski definition) is 1. The van der Waals surface area contributed by atoms with Gasteiger partial charge in [0.1, 0.15) is 5.82 Å². The van der Waals surface area contributed by atoms with Gasteiger partial charge >= 0.3 is 0 Å². The molecule has 0 radical (unpaired) electrons. The van der Waals surface area contributed by atoms with E-state index in [2.05, 4.69) is 20.1 Å². The molecule has 0 aliphatic rings. The fourth-order valence-electron chi connectivity index (χ4n) is 2.42. The highest BCUT2D eigenvalue weighted by molar-refractivity contribution is 5.79. The molecule has 0 bridgehead atoms. The highest BCUT2D eigenvalue weighted by Crippen LogP contribution is 2.21. The molecule has 4 aromatic rings. The SMILES string of the molecule is Cc1nc(-c2ccc(-c3nc4ccccc4c(=O)[nH]3)cc2)no1. The molecule has 0 amide bonds. The lowest BCUT2D eigenvalue weighted by atomic mass is 10.1. The molecule has 0 unspecified atom stereocenters. The van der Waals surface area contributed by atoms with E-state index in [1.807, 2.05) is 42.5 Å². The normalized spacial score (nSPS) is 11.0. The lowest BCUT2D eigenvalue weighted by Gasteiger charge is -2.03. The third-order valence-corrected chi connectivity index (χ3v) is 3.56. The number of aromatic amines is 1. The number of benzene rings is 2. The zero-order valence-corrected chi connectivity index (χ0v) is 12.3. The molecule has 0 spiro atoms. The Morgan fingerprint density at radius 2 is 1.70 bits per heavy atom. The number of para-hydroxylation sites is 1. The lowest BCUT2D eigenvalue weighted by Crippen LogP contribution is -2.09. The average molecular weight is 304 g/mol. The summed E-state index contributed by atoms with van der Waals surface area (Å²) in [5, 5.41) is 4.46. The van der Waals surface area contributed by atoms with Crippen LogP contribution in [0.2, 0.25) is 0 Å². The van der Waals surface area contributed by atoms with Crippen molar-refractivity contribution in [1.82, 2.24) is 20.1 Å². The Kier molecular flexibility index (Phi) is 3.01. The van der Waals surface area contributed by atoms with Crippen LogP contribution in [0, 0.1) is 6.92 Å². The van der Waals surface area contributed by atoms with Crippen LogP contribution < -0.4 is 5.56 Å². The summed E-state index contributed by atoms with van der Waals surface area (Å²) in [6.45, 7) is 1.74. The first-order valence-electron chi connectivity index (χ1n) is 7.11. The zero-order chi connectivity index (χ0) is 15.8. The van der Waals surface area contributed by atoms with Crippen molar-refractivity contribution in [3.8, 4) is 22.8 Å². The van der Waals surface area contributed by atoms with Gasteiger partial charge in [-0.1, -0.05) is 41.6 Å². The summed E-state index contributed by atoms with van der Waals surface area (Å²) in [5.41, 5.74) is 2.18. The van der Waals surface area contributed by atoms with Crippen molar-refractivity contribution in [2.75, 3.05) is 0 Å². The van der Waals surface area contributed by atoms with Gasteiger partial charge in [0.05, 0.1) is 10.9 Å². The van der Waals surface area contributed by atoms with Crippen molar-refractivity contribution in [3.05, 3.63) is 64.8 Å². The number of H-pyrrole nitrogens is 1. The number of aromatic nitrogens is 4. The Balaban J connectivity index is 1.77. The summed E-state index contributed by atoms with van der Waals surface area (Å²) in [6.07, 6.45) is 0. The largest absolute Gasteiger partial charge is 0.339 e. The van der Waals surface area contributed by atoms with Crippen molar-refractivity contribution in [3.63, 3.8) is 0 Å². The Labute approximate surface area is 130 Å². The lowest BCUT2D eigenvalue weighted by molar-refractivity contribution is 0.394. The van der Waals surface area contributed by atoms with Crippen molar-refractivity contribution in [2.24, 2.45) is 0 Å². The number of aryl methyl sites for hydroxylation is 1. The number of nitrogens with one attached hydrogen (secondary N) is 1. The van der Waals surface area contributed by atoms with Gasteiger partial charge in [-0.15, -0.1) is 0 Å². The molecule has 0 saturated heterocycles. The van der Waals surface area contributed by atoms with E-state index in [1.54, 1.807) is 13.0 Å². The van der Waals surface area contributed by atoms with E-state index in [0.717, 1.165) is 11.1 Å². The van der Waals surface area contributed by atoms with Gasteiger partial charge < -0.3 is 9.51 Å². The second-order valence-electron chi connectivity index (χ2n) is 5.15. The van der Waals surface area contributed by atoms with Crippen molar-refractivity contribution < 1.29 is 4.52 Å². The van der Waals surface area contributed by atoms with Crippen LogP contribution in [0.15, 0.2) is 57.8 Å². The van der Waals surface area contributed by atoms with Gasteiger partial charge in [-0.05, 0) is 12.1 Å². The van der Waals surface area contributed by atoms with Crippen LogP contribution in [0.1, 0.15) is 5.89 Å². The van der Waals surface area contributed by atoms with E-state index in [1.165, 1.54) is 0 Å². The van der Waals surface area contributed by atoms with Crippen molar-refractivity contribution in [2.45, 2.75) is 6.92 Å². The quantitative estimate of drug-likeness (QED) is 0.615. The molecular weight excluding hydrogens is 292 g/mol. The van der Waals surface area contributed by atoms with Gasteiger partial charge in [-0.25, -0.2) is 4.98 Å². The maximum Gasteiger partial charge on any atom is 0.259 e. The molecule has 0 aliphatic carbocycles. The minimum atomic E-state index is -0.150. The molecule has 2 heterocycles. The molecular formula is C17H12N4O2. The molecule has 0 saturated carbocycles. The molecule has 2 aromatic carbocycles. The second-order valence-corrected chi connectivity index (χ2v) is 5.15. The molecule has 23 heavy (non-hydrogen) atoms. The number of nitrogens with zero attached hydrogens (tertiary/aromatic N) is 3. The first-order valence-corrected chi connectivity index (χ1v) is 7.11. The maximum atomic E-state index is 12.1. The molecule has 4 rings (SSSR count). The predicted molar refractivity (Wildman–Crippen MR) is 85.8 cm³/mol. The summed E-state index contributed by atoms with van der Waals surface area (Å²) >= 11 is 0. The van der Waals surface area contributed by atoms with Gasteiger partial charge in [0.25, 0.3) is 5.56 Å². The third kappa shape index (κ3) is 2.40. The fourth-order valence-corrected chi connectivity index (χ4v) is 2.42. The average Bonchev–Trinajstić information content (AvgIpc) is 3.01. The third-order valence-electron chi connectivity index (χ3n) is 3.56. The van der Waals surface area contributed by atoms with Crippen LogP contribution in [-0.4, -0.2) is 20.1 Å². The summed E-state index contributed by atoms with van der Waals surface area (Å²) in [6, 6.07) is 14.7. The fraction of sp³-hybridized carbons (Fsp3) is 0.0588. The monoisotopic (exact) mass is 304 g/mol. The maximum absolute atomic E-state index is 12.1. The van der Waals surface area contributed by atoms with Crippen molar-refractivity contribution >= 4 is 10.9 Å². The van der Waals surface area contributed by atoms with Crippen molar-refractivity contribution in [1.29, 1.82) is 0 Å². The molecule has 2 aromatic heterocycles. The zero-order valence-electron chi connectivity index (χ0n) is 12.3. The number of hydrogen-bond acceptors (Lipinski definition) is 5. The molecule has 0 fully saturated rings. The van der Waals surface area contributed by atoms with Crippen LogP contribution in [-0.2, 0) is 0 Å². The summed E-state index contributed by atoms with van der Waals surface area (Å²) in [5.74, 6) is 1.59. The van der Waals surface area contributed by atoms with E-state index >= 15 is 0 Å². The Morgan fingerprint density at radius 1 is 0.957 bits per heavy atom. The second kappa shape index (κ2) is 5.17.